The van der Waals surface area contributed by atoms with E-state index in [2.05, 4.69) is 15.8 Å². The Morgan fingerprint density at radius 1 is 0.949 bits per heavy atom. The number of aryl methyl sites for hydroxylation is 1. The first-order valence-corrected chi connectivity index (χ1v) is 13.6. The zero-order chi connectivity index (χ0) is 27.8. The summed E-state index contributed by atoms with van der Waals surface area (Å²) in [6.07, 6.45) is 2.66. The molecule has 39 heavy (non-hydrogen) atoms. The number of rotatable bonds is 10. The highest BCUT2D eigenvalue weighted by molar-refractivity contribution is 7.89. The number of benzene rings is 2. The summed E-state index contributed by atoms with van der Waals surface area (Å²) in [5.41, 5.74) is 3.80. The summed E-state index contributed by atoms with van der Waals surface area (Å²) < 4.78 is 39.1. The van der Waals surface area contributed by atoms with Gasteiger partial charge in [0.15, 0.2) is 0 Å². The van der Waals surface area contributed by atoms with Crippen LogP contribution in [0.3, 0.4) is 0 Å². The van der Waals surface area contributed by atoms with E-state index in [4.69, 9.17) is 20.4 Å². The van der Waals surface area contributed by atoms with Crippen LogP contribution in [0.15, 0.2) is 97.9 Å². The van der Waals surface area contributed by atoms with Crippen LogP contribution in [-0.4, -0.2) is 30.8 Å². The molecule has 0 saturated heterocycles. The van der Waals surface area contributed by atoms with E-state index in [9.17, 15) is 18.0 Å². The number of nitrogens with one attached hydrogen (secondary N) is 2. The zero-order valence-electron chi connectivity index (χ0n) is 20.8. The molecule has 0 bridgehead atoms. The standard InChI is InChI=1S/C27H25ClN4O6S/c1-19-4-12-25(13-5-19)39(35,36)32(17-20-6-8-21(28)9-7-20)18-24-11-10-23(38-24)16-30-31-27(34)26(33)29-15-22-3-2-14-37-22/h2-14,16H,15,17-18H2,1H3,(H,29,33)(H,31,34)/b30-16+. The number of carbonyl (C=O) groups excluding carboxylic acids is 2. The van der Waals surface area contributed by atoms with Gasteiger partial charge in [0.1, 0.15) is 17.3 Å². The Kier molecular flexibility index (Phi) is 8.97. The highest BCUT2D eigenvalue weighted by atomic mass is 35.5. The molecule has 0 unspecified atom stereocenters. The first-order valence-electron chi connectivity index (χ1n) is 11.7. The molecule has 2 heterocycles. The van der Waals surface area contributed by atoms with Gasteiger partial charge in [-0.2, -0.15) is 9.41 Å². The van der Waals surface area contributed by atoms with Crippen molar-refractivity contribution in [3.63, 3.8) is 0 Å². The molecule has 0 aliphatic carbocycles. The molecule has 0 saturated carbocycles. The molecule has 0 aliphatic heterocycles. The molecule has 2 N–H and O–H groups in total. The van der Waals surface area contributed by atoms with Gasteiger partial charge in [-0.3, -0.25) is 9.59 Å². The van der Waals surface area contributed by atoms with Crippen molar-refractivity contribution >= 4 is 39.7 Å². The molecular weight excluding hydrogens is 544 g/mol. The topological polar surface area (TPSA) is 134 Å². The summed E-state index contributed by atoms with van der Waals surface area (Å²) in [7, 11) is -3.88. The molecule has 0 radical (unpaired) electrons. The van der Waals surface area contributed by atoms with Crippen LogP contribution in [0.5, 0.6) is 0 Å². The molecule has 10 nitrogen and oxygen atoms in total. The van der Waals surface area contributed by atoms with Gasteiger partial charge in [-0.25, -0.2) is 13.8 Å². The van der Waals surface area contributed by atoms with E-state index >= 15 is 0 Å². The van der Waals surface area contributed by atoms with Gasteiger partial charge in [-0.05, 0) is 61.0 Å². The normalized spacial score (nSPS) is 11.7. The maximum Gasteiger partial charge on any atom is 0.329 e. The number of carbonyl (C=O) groups is 2. The first-order chi connectivity index (χ1) is 18.7. The lowest BCUT2D eigenvalue weighted by atomic mass is 10.2. The van der Waals surface area contributed by atoms with Gasteiger partial charge in [0.05, 0.1) is 30.5 Å². The number of furan rings is 2. The smallest absolute Gasteiger partial charge is 0.329 e. The van der Waals surface area contributed by atoms with Crippen molar-refractivity contribution in [1.29, 1.82) is 0 Å². The fourth-order valence-corrected chi connectivity index (χ4v) is 4.99. The van der Waals surface area contributed by atoms with E-state index in [1.807, 2.05) is 6.92 Å². The number of hydrogen-bond acceptors (Lipinski definition) is 7. The summed E-state index contributed by atoms with van der Waals surface area (Å²) in [5.74, 6) is -0.757. The van der Waals surface area contributed by atoms with Gasteiger partial charge >= 0.3 is 11.8 Å². The summed E-state index contributed by atoms with van der Waals surface area (Å²) in [4.78, 5) is 24.0. The predicted molar refractivity (Wildman–Crippen MR) is 144 cm³/mol. The summed E-state index contributed by atoms with van der Waals surface area (Å²) in [6, 6.07) is 20.0. The number of halogens is 1. The molecule has 0 aliphatic rings. The predicted octanol–water partition coefficient (Wildman–Crippen LogP) is 3.99. The lowest BCUT2D eigenvalue weighted by Crippen LogP contribution is -2.37. The van der Waals surface area contributed by atoms with E-state index in [1.54, 1.807) is 72.8 Å². The van der Waals surface area contributed by atoms with Crippen molar-refractivity contribution in [3.05, 3.63) is 112 Å². The SMILES string of the molecule is Cc1ccc(S(=O)(=O)N(Cc2ccc(Cl)cc2)Cc2ccc(/C=N/NC(=O)C(=O)NCc3ccco3)o2)cc1. The molecule has 2 amide bonds. The van der Waals surface area contributed by atoms with Gasteiger partial charge in [-0.15, -0.1) is 0 Å². The quantitative estimate of drug-likeness (QED) is 0.169. The lowest BCUT2D eigenvalue weighted by molar-refractivity contribution is -0.139. The number of hydrogen-bond donors (Lipinski definition) is 2. The summed E-state index contributed by atoms with van der Waals surface area (Å²) in [5, 5.41) is 6.68. The average Bonchev–Trinajstić information content (AvgIpc) is 3.60. The van der Waals surface area contributed by atoms with Crippen molar-refractivity contribution in [1.82, 2.24) is 15.0 Å². The van der Waals surface area contributed by atoms with E-state index < -0.39 is 21.8 Å². The summed E-state index contributed by atoms with van der Waals surface area (Å²) in [6.45, 7) is 1.96. The highest BCUT2D eigenvalue weighted by Gasteiger charge is 2.26. The Bertz CT molecular complexity index is 1550. The minimum absolute atomic E-state index is 0.0581. The van der Waals surface area contributed by atoms with Gasteiger partial charge in [0.2, 0.25) is 10.0 Å². The Morgan fingerprint density at radius 3 is 2.38 bits per heavy atom. The van der Waals surface area contributed by atoms with Crippen LogP contribution in [0.4, 0.5) is 0 Å². The minimum Gasteiger partial charge on any atom is -0.467 e. The molecular formula is C27H25ClN4O6S. The fraction of sp³-hybridized carbons (Fsp3) is 0.148. The monoisotopic (exact) mass is 568 g/mol. The second kappa shape index (κ2) is 12.6. The molecule has 0 spiro atoms. The maximum absolute atomic E-state index is 13.5. The van der Waals surface area contributed by atoms with Crippen LogP contribution in [0.1, 0.15) is 28.4 Å². The largest absolute Gasteiger partial charge is 0.467 e. The highest BCUT2D eigenvalue weighted by Crippen LogP contribution is 2.23. The molecule has 2 aromatic heterocycles. The molecule has 0 fully saturated rings. The Balaban J connectivity index is 1.42. The van der Waals surface area contributed by atoms with Crippen LogP contribution in [-0.2, 0) is 39.2 Å². The lowest BCUT2D eigenvalue weighted by Gasteiger charge is -2.21. The average molecular weight is 569 g/mol. The molecule has 12 heteroatoms. The number of sulfonamides is 1. The zero-order valence-corrected chi connectivity index (χ0v) is 22.4. The molecule has 4 rings (SSSR count). The molecule has 0 atom stereocenters. The third kappa shape index (κ3) is 7.66. The van der Waals surface area contributed by atoms with Crippen molar-refractivity contribution in [2.75, 3.05) is 0 Å². The van der Waals surface area contributed by atoms with Crippen molar-refractivity contribution in [3.8, 4) is 0 Å². The van der Waals surface area contributed by atoms with Crippen LogP contribution in [0.2, 0.25) is 5.02 Å². The van der Waals surface area contributed by atoms with Gasteiger partial charge in [-0.1, -0.05) is 41.4 Å². The Morgan fingerprint density at radius 2 is 1.69 bits per heavy atom. The van der Waals surface area contributed by atoms with Crippen LogP contribution in [0.25, 0.3) is 0 Å². The van der Waals surface area contributed by atoms with E-state index in [0.29, 0.717) is 16.5 Å². The van der Waals surface area contributed by atoms with Crippen molar-refractivity contribution in [2.24, 2.45) is 5.10 Å². The first kappa shape index (κ1) is 27.8. The third-order valence-corrected chi connectivity index (χ3v) is 7.57. The van der Waals surface area contributed by atoms with Crippen LogP contribution in [0, 0.1) is 6.92 Å². The second-order valence-corrected chi connectivity index (χ2v) is 10.9. The van der Waals surface area contributed by atoms with Crippen LogP contribution < -0.4 is 10.7 Å². The van der Waals surface area contributed by atoms with E-state index in [1.165, 1.54) is 16.8 Å². The van der Waals surface area contributed by atoms with Gasteiger partial charge in [0.25, 0.3) is 0 Å². The van der Waals surface area contributed by atoms with Gasteiger partial charge in [0, 0.05) is 11.6 Å². The number of hydrazone groups is 1. The third-order valence-electron chi connectivity index (χ3n) is 5.51. The maximum atomic E-state index is 13.5. The van der Waals surface area contributed by atoms with E-state index in [-0.39, 0.29) is 30.3 Å². The fourth-order valence-electron chi connectivity index (χ4n) is 3.47. The molecule has 2 aromatic carbocycles. The van der Waals surface area contributed by atoms with Crippen molar-refractivity contribution in [2.45, 2.75) is 31.5 Å². The molecule has 202 valence electrons. The summed E-state index contributed by atoms with van der Waals surface area (Å²) >= 11 is 5.99. The van der Waals surface area contributed by atoms with Crippen molar-refractivity contribution < 1.29 is 26.8 Å². The Labute approximate surface area is 230 Å². The van der Waals surface area contributed by atoms with E-state index in [0.717, 1.165) is 11.1 Å². The van der Waals surface area contributed by atoms with Gasteiger partial charge < -0.3 is 14.2 Å². The number of nitrogens with zero attached hydrogens (tertiary/aromatic N) is 2. The number of amides is 2. The molecule has 4 aromatic rings. The van der Waals surface area contributed by atoms with Crippen LogP contribution >= 0.6 is 11.6 Å². The second-order valence-electron chi connectivity index (χ2n) is 8.48. The Hall–Kier alpha value is -4.19. The minimum atomic E-state index is -3.88.